The topological polar surface area (TPSA) is 24.1 Å². The van der Waals surface area contributed by atoms with Crippen LogP contribution in [0.3, 0.4) is 0 Å². The lowest BCUT2D eigenvalue weighted by molar-refractivity contribution is 0.269. The van der Waals surface area contributed by atoms with E-state index in [2.05, 4.69) is 17.6 Å². The fraction of sp³-hybridized carbons (Fsp3) is 1.00. The summed E-state index contributed by atoms with van der Waals surface area (Å²) in [5, 5.41) is 7.41. The molecule has 15 heavy (non-hydrogen) atoms. The smallest absolute Gasteiger partial charge is 0.0218 e. The minimum Gasteiger partial charge on any atom is -0.312 e. The van der Waals surface area contributed by atoms with E-state index < -0.39 is 0 Å². The van der Waals surface area contributed by atoms with Crippen LogP contribution in [0.2, 0.25) is 0 Å². The van der Waals surface area contributed by atoms with E-state index in [1.165, 1.54) is 58.0 Å². The van der Waals surface area contributed by atoms with Crippen LogP contribution in [-0.2, 0) is 0 Å². The monoisotopic (exact) mass is 210 g/mol. The van der Waals surface area contributed by atoms with Crippen LogP contribution in [0.25, 0.3) is 0 Å². The van der Waals surface area contributed by atoms with Gasteiger partial charge in [0, 0.05) is 18.6 Å². The average Bonchev–Trinajstić information content (AvgIpc) is 2.29. The molecule has 0 radical (unpaired) electrons. The van der Waals surface area contributed by atoms with Crippen molar-refractivity contribution in [2.45, 2.75) is 64.0 Å². The fourth-order valence-electron chi connectivity index (χ4n) is 2.99. The zero-order valence-electron chi connectivity index (χ0n) is 10.1. The normalized spacial score (nSPS) is 34.2. The Balaban J connectivity index is 1.67. The molecule has 2 N–H and O–H groups in total. The summed E-state index contributed by atoms with van der Waals surface area (Å²) < 4.78 is 0. The van der Waals surface area contributed by atoms with Crippen LogP contribution in [0.1, 0.15) is 51.9 Å². The Kier molecular flexibility index (Phi) is 4.45. The Morgan fingerprint density at radius 3 is 2.60 bits per heavy atom. The summed E-state index contributed by atoms with van der Waals surface area (Å²) in [7, 11) is 0. The van der Waals surface area contributed by atoms with Crippen molar-refractivity contribution in [3.63, 3.8) is 0 Å². The van der Waals surface area contributed by atoms with E-state index in [9.17, 15) is 0 Å². The van der Waals surface area contributed by atoms with Gasteiger partial charge in [-0.3, -0.25) is 0 Å². The van der Waals surface area contributed by atoms with Gasteiger partial charge in [0.15, 0.2) is 0 Å². The predicted molar refractivity (Wildman–Crippen MR) is 65.1 cm³/mol. The molecule has 1 aliphatic heterocycles. The first-order valence-electron chi connectivity index (χ1n) is 6.83. The maximum atomic E-state index is 3.76. The first kappa shape index (κ1) is 11.4. The van der Waals surface area contributed by atoms with E-state index in [1.807, 2.05) is 0 Å². The second kappa shape index (κ2) is 5.86. The van der Waals surface area contributed by atoms with Gasteiger partial charge in [0.2, 0.25) is 0 Å². The van der Waals surface area contributed by atoms with E-state index in [-0.39, 0.29) is 0 Å². The Morgan fingerprint density at radius 2 is 1.87 bits per heavy atom. The summed E-state index contributed by atoms with van der Waals surface area (Å²) in [4.78, 5) is 0. The second-order valence-corrected chi connectivity index (χ2v) is 5.42. The Bertz CT molecular complexity index is 175. The molecule has 1 heterocycles. The zero-order chi connectivity index (χ0) is 10.5. The molecule has 2 nitrogen and oxygen atoms in total. The summed E-state index contributed by atoms with van der Waals surface area (Å²) in [5.74, 6) is 0.856. The molecule has 88 valence electrons. The minimum atomic E-state index is 0.723. The molecule has 2 heteroatoms. The lowest BCUT2D eigenvalue weighted by atomic mass is 9.91. The van der Waals surface area contributed by atoms with Gasteiger partial charge in [-0.15, -0.1) is 0 Å². The fourth-order valence-corrected chi connectivity index (χ4v) is 2.99. The van der Waals surface area contributed by atoms with Crippen molar-refractivity contribution >= 4 is 0 Å². The molecule has 1 aliphatic carbocycles. The highest BCUT2D eigenvalue weighted by Crippen LogP contribution is 2.19. The minimum absolute atomic E-state index is 0.723. The van der Waals surface area contributed by atoms with Crippen LogP contribution in [0.4, 0.5) is 0 Å². The molecule has 2 rings (SSSR count). The Hall–Kier alpha value is -0.0800. The molecule has 0 amide bonds. The van der Waals surface area contributed by atoms with Gasteiger partial charge in [0.05, 0.1) is 0 Å². The first-order valence-corrected chi connectivity index (χ1v) is 6.83. The summed E-state index contributed by atoms with van der Waals surface area (Å²) in [5.41, 5.74) is 0. The molecule has 2 atom stereocenters. The van der Waals surface area contributed by atoms with Crippen molar-refractivity contribution in [1.29, 1.82) is 0 Å². The third-order valence-corrected chi connectivity index (χ3v) is 4.16. The quantitative estimate of drug-likeness (QED) is 0.747. The number of hydrogen-bond donors (Lipinski definition) is 2. The first-order chi connectivity index (χ1) is 7.36. The molecule has 0 aromatic carbocycles. The molecule has 0 aromatic heterocycles. The second-order valence-electron chi connectivity index (χ2n) is 5.42. The van der Waals surface area contributed by atoms with E-state index in [0.717, 1.165) is 18.0 Å². The number of nitrogens with one attached hydrogen (secondary N) is 2. The van der Waals surface area contributed by atoms with Gasteiger partial charge in [-0.05, 0) is 38.1 Å². The molecule has 0 spiro atoms. The Morgan fingerprint density at radius 1 is 1.07 bits per heavy atom. The molecule has 1 saturated carbocycles. The van der Waals surface area contributed by atoms with E-state index in [1.54, 1.807) is 0 Å². The molecule has 0 aromatic rings. The van der Waals surface area contributed by atoms with Crippen LogP contribution in [0.5, 0.6) is 0 Å². The maximum Gasteiger partial charge on any atom is 0.0218 e. The van der Waals surface area contributed by atoms with Crippen LogP contribution in [0, 0.1) is 5.92 Å². The summed E-state index contributed by atoms with van der Waals surface area (Å²) in [6, 6.07) is 1.54. The number of rotatable bonds is 3. The third-order valence-electron chi connectivity index (χ3n) is 4.16. The number of hydrogen-bond acceptors (Lipinski definition) is 2. The van der Waals surface area contributed by atoms with Crippen molar-refractivity contribution in [3.8, 4) is 0 Å². The van der Waals surface area contributed by atoms with E-state index in [4.69, 9.17) is 0 Å². The highest BCUT2D eigenvalue weighted by Gasteiger charge is 2.21. The number of piperidine rings is 1. The van der Waals surface area contributed by atoms with Gasteiger partial charge in [0.25, 0.3) is 0 Å². The van der Waals surface area contributed by atoms with Gasteiger partial charge in [-0.2, -0.15) is 0 Å². The zero-order valence-corrected chi connectivity index (χ0v) is 10.1. The van der Waals surface area contributed by atoms with Crippen LogP contribution >= 0.6 is 0 Å². The predicted octanol–water partition coefficient (Wildman–Crippen LogP) is 2.30. The molecular weight excluding hydrogens is 184 g/mol. The summed E-state index contributed by atoms with van der Waals surface area (Å²) in [6.45, 7) is 4.80. The standard InChI is InChI=1S/C13H26N2/c1-11-6-5-9-14-13(11)10-15-12-7-3-2-4-8-12/h11-15H,2-10H2,1H3. The van der Waals surface area contributed by atoms with Crippen molar-refractivity contribution in [1.82, 2.24) is 10.6 Å². The highest BCUT2D eigenvalue weighted by molar-refractivity contribution is 4.82. The summed E-state index contributed by atoms with van der Waals surface area (Å²) >= 11 is 0. The lowest BCUT2D eigenvalue weighted by Crippen LogP contribution is -2.49. The highest BCUT2D eigenvalue weighted by atomic mass is 15.0. The van der Waals surface area contributed by atoms with Gasteiger partial charge >= 0.3 is 0 Å². The summed E-state index contributed by atoms with van der Waals surface area (Å²) in [6.07, 6.45) is 9.90. The van der Waals surface area contributed by atoms with Crippen molar-refractivity contribution in [2.75, 3.05) is 13.1 Å². The molecule has 2 unspecified atom stereocenters. The Labute approximate surface area is 94.2 Å². The largest absolute Gasteiger partial charge is 0.312 e. The van der Waals surface area contributed by atoms with Gasteiger partial charge in [-0.25, -0.2) is 0 Å². The van der Waals surface area contributed by atoms with Crippen molar-refractivity contribution in [3.05, 3.63) is 0 Å². The van der Waals surface area contributed by atoms with Gasteiger partial charge < -0.3 is 10.6 Å². The molecule has 2 fully saturated rings. The van der Waals surface area contributed by atoms with Gasteiger partial charge in [0.1, 0.15) is 0 Å². The molecular formula is C13H26N2. The molecule has 0 bridgehead atoms. The third kappa shape index (κ3) is 3.46. The van der Waals surface area contributed by atoms with Crippen molar-refractivity contribution < 1.29 is 0 Å². The van der Waals surface area contributed by atoms with Crippen LogP contribution in [-0.4, -0.2) is 25.2 Å². The average molecular weight is 210 g/mol. The van der Waals surface area contributed by atoms with Crippen molar-refractivity contribution in [2.24, 2.45) is 5.92 Å². The lowest BCUT2D eigenvalue weighted by Gasteiger charge is -2.32. The SMILES string of the molecule is CC1CCCNC1CNC1CCCCC1. The maximum absolute atomic E-state index is 3.76. The van der Waals surface area contributed by atoms with Crippen LogP contribution in [0.15, 0.2) is 0 Å². The molecule has 2 aliphatic rings. The van der Waals surface area contributed by atoms with E-state index in [0.29, 0.717) is 0 Å². The van der Waals surface area contributed by atoms with Gasteiger partial charge in [-0.1, -0.05) is 26.2 Å². The van der Waals surface area contributed by atoms with Crippen LogP contribution < -0.4 is 10.6 Å². The molecule has 1 saturated heterocycles. The van der Waals surface area contributed by atoms with E-state index >= 15 is 0 Å².